The molecule has 0 spiro atoms. The van der Waals surface area contributed by atoms with E-state index in [0.717, 1.165) is 0 Å². The second-order valence-electron chi connectivity index (χ2n) is 3.00. The molecule has 0 radical (unpaired) electrons. The summed E-state index contributed by atoms with van der Waals surface area (Å²) in [6, 6.07) is 6.00. The lowest BCUT2D eigenvalue weighted by molar-refractivity contribution is -0.135. The Morgan fingerprint density at radius 3 is 2.47 bits per heavy atom. The van der Waals surface area contributed by atoms with Gasteiger partial charge in [0.15, 0.2) is 6.73 Å². The first-order valence-corrected chi connectivity index (χ1v) is 5.07. The van der Waals surface area contributed by atoms with Crippen molar-refractivity contribution in [1.29, 1.82) is 0 Å². The molecule has 7 heteroatoms. The van der Waals surface area contributed by atoms with Gasteiger partial charge in [-0.05, 0) is 24.3 Å². The van der Waals surface area contributed by atoms with Crippen molar-refractivity contribution in [2.75, 3.05) is 13.3 Å². The number of nitrogens with one attached hydrogen (secondary N) is 2. The first kappa shape index (κ1) is 13.1. The third kappa shape index (κ3) is 5.62. The molecule has 0 unspecified atom stereocenters. The number of hydrogen-bond acceptors (Lipinski definition) is 3. The molecule has 0 aliphatic carbocycles. The molecule has 17 heavy (non-hydrogen) atoms. The smallest absolute Gasteiger partial charge is 0.323 e. The van der Waals surface area contributed by atoms with Crippen LogP contribution in [0.15, 0.2) is 24.3 Å². The summed E-state index contributed by atoms with van der Waals surface area (Å²) < 4.78 is 5.16. The number of urea groups is 1. The molecule has 1 rings (SSSR count). The predicted molar refractivity (Wildman–Crippen MR) is 61.1 cm³/mol. The fourth-order valence-corrected chi connectivity index (χ4v) is 1.06. The number of rotatable bonds is 5. The van der Waals surface area contributed by atoms with Gasteiger partial charge >= 0.3 is 12.0 Å². The van der Waals surface area contributed by atoms with Crippen molar-refractivity contribution in [2.45, 2.75) is 0 Å². The summed E-state index contributed by atoms with van der Waals surface area (Å²) in [4.78, 5) is 21.1. The lowest BCUT2D eigenvalue weighted by Gasteiger charge is -2.08. The van der Waals surface area contributed by atoms with Gasteiger partial charge in [0.2, 0.25) is 0 Å². The van der Waals surface area contributed by atoms with Gasteiger partial charge in [-0.2, -0.15) is 0 Å². The van der Waals surface area contributed by atoms with E-state index in [4.69, 9.17) is 21.4 Å². The van der Waals surface area contributed by atoms with Crippen LogP contribution in [0.25, 0.3) is 0 Å². The summed E-state index contributed by atoms with van der Waals surface area (Å²) in [6.45, 7) is -0.500. The van der Waals surface area contributed by atoms with Crippen LogP contribution < -0.4 is 15.4 Å². The zero-order chi connectivity index (χ0) is 12.7. The fourth-order valence-electron chi connectivity index (χ4n) is 0.934. The van der Waals surface area contributed by atoms with Crippen LogP contribution >= 0.6 is 11.6 Å². The number of carbonyl (C=O) groups is 2. The van der Waals surface area contributed by atoms with Crippen LogP contribution in [0.4, 0.5) is 4.79 Å². The molecule has 0 atom stereocenters. The topological polar surface area (TPSA) is 87.7 Å². The van der Waals surface area contributed by atoms with Crippen molar-refractivity contribution in [1.82, 2.24) is 10.6 Å². The molecule has 0 bridgehead atoms. The molecule has 0 aliphatic rings. The quantitative estimate of drug-likeness (QED) is 0.689. The Morgan fingerprint density at radius 1 is 1.24 bits per heavy atom. The highest BCUT2D eigenvalue weighted by Crippen LogP contribution is 2.14. The van der Waals surface area contributed by atoms with E-state index in [1.165, 1.54) is 0 Å². The molecule has 6 nitrogen and oxygen atoms in total. The summed E-state index contributed by atoms with van der Waals surface area (Å²) >= 11 is 5.68. The Hall–Kier alpha value is -1.95. The Balaban J connectivity index is 2.21. The van der Waals surface area contributed by atoms with Crippen LogP contribution in [0, 0.1) is 0 Å². The maximum absolute atomic E-state index is 11.0. The number of carboxylic acid groups (broad SMARTS) is 1. The second kappa shape index (κ2) is 6.59. The molecule has 2 amide bonds. The molecular formula is C10H11ClN2O4. The van der Waals surface area contributed by atoms with Crippen LogP contribution in [0.3, 0.4) is 0 Å². The average molecular weight is 259 g/mol. The number of benzene rings is 1. The van der Waals surface area contributed by atoms with Crippen LogP contribution in [0.5, 0.6) is 5.75 Å². The van der Waals surface area contributed by atoms with Gasteiger partial charge in [0.1, 0.15) is 12.3 Å². The molecule has 1 aromatic rings. The number of ether oxygens (including phenoxy) is 1. The van der Waals surface area contributed by atoms with Gasteiger partial charge < -0.3 is 20.5 Å². The van der Waals surface area contributed by atoms with Gasteiger partial charge in [-0.15, -0.1) is 0 Å². The normalized spacial score (nSPS) is 9.47. The second-order valence-corrected chi connectivity index (χ2v) is 3.43. The van der Waals surface area contributed by atoms with E-state index >= 15 is 0 Å². The van der Waals surface area contributed by atoms with Crippen LogP contribution in [-0.2, 0) is 4.79 Å². The predicted octanol–water partition coefficient (Wildman–Crippen LogP) is 1.06. The lowest BCUT2D eigenvalue weighted by Crippen LogP contribution is -2.40. The van der Waals surface area contributed by atoms with Crippen LogP contribution in [-0.4, -0.2) is 30.4 Å². The third-order valence-electron chi connectivity index (χ3n) is 1.69. The molecular weight excluding hydrogens is 248 g/mol. The lowest BCUT2D eigenvalue weighted by atomic mass is 10.3. The van der Waals surface area contributed by atoms with Gasteiger partial charge in [0.05, 0.1) is 0 Å². The Labute approximate surface area is 103 Å². The number of halogens is 1. The summed E-state index contributed by atoms with van der Waals surface area (Å²) in [5.74, 6) is -0.563. The Morgan fingerprint density at radius 2 is 1.88 bits per heavy atom. The molecule has 3 N–H and O–H groups in total. The van der Waals surface area contributed by atoms with Gasteiger partial charge in [-0.3, -0.25) is 4.79 Å². The highest BCUT2D eigenvalue weighted by Gasteiger charge is 2.02. The molecule has 0 saturated heterocycles. The molecule has 1 aromatic carbocycles. The van der Waals surface area contributed by atoms with Crippen LogP contribution in [0.2, 0.25) is 5.02 Å². The van der Waals surface area contributed by atoms with Gasteiger partial charge in [-0.1, -0.05) is 11.6 Å². The number of carbonyl (C=O) groups excluding carboxylic acids is 1. The first-order chi connectivity index (χ1) is 8.08. The summed E-state index contributed by atoms with van der Waals surface area (Å²) in [6.07, 6.45) is 0. The van der Waals surface area contributed by atoms with Crippen molar-refractivity contribution in [3.63, 3.8) is 0 Å². The minimum Gasteiger partial charge on any atom is -0.480 e. The third-order valence-corrected chi connectivity index (χ3v) is 1.94. The number of hydrogen-bond donors (Lipinski definition) is 3. The van der Waals surface area contributed by atoms with Crippen molar-refractivity contribution in [3.8, 4) is 5.75 Å². The van der Waals surface area contributed by atoms with E-state index < -0.39 is 18.5 Å². The van der Waals surface area contributed by atoms with E-state index in [9.17, 15) is 9.59 Å². The number of carboxylic acids is 1. The minimum atomic E-state index is -1.11. The highest BCUT2D eigenvalue weighted by atomic mass is 35.5. The molecule has 92 valence electrons. The zero-order valence-electron chi connectivity index (χ0n) is 8.77. The van der Waals surface area contributed by atoms with Gasteiger partial charge in [0, 0.05) is 5.02 Å². The standard InChI is InChI=1S/C10H11ClN2O4/c11-7-1-3-8(4-2-7)17-6-13-10(16)12-5-9(14)15/h1-4H,5-6H2,(H,14,15)(H2,12,13,16). The zero-order valence-corrected chi connectivity index (χ0v) is 9.53. The van der Waals surface area contributed by atoms with Crippen molar-refractivity contribution in [3.05, 3.63) is 29.3 Å². The summed E-state index contributed by atoms with van der Waals surface area (Å²) in [7, 11) is 0. The highest BCUT2D eigenvalue weighted by molar-refractivity contribution is 6.30. The maximum atomic E-state index is 11.0. The first-order valence-electron chi connectivity index (χ1n) is 4.70. The average Bonchev–Trinajstić information content (AvgIpc) is 2.29. The number of amides is 2. The van der Waals surface area contributed by atoms with E-state index in [2.05, 4.69) is 10.6 Å². The van der Waals surface area contributed by atoms with Gasteiger partial charge in [-0.25, -0.2) is 4.79 Å². The summed E-state index contributed by atoms with van der Waals surface area (Å²) in [5, 5.41) is 13.4. The SMILES string of the molecule is O=C(O)CNC(=O)NCOc1ccc(Cl)cc1. The molecule has 0 aromatic heterocycles. The largest absolute Gasteiger partial charge is 0.480 e. The van der Waals surface area contributed by atoms with E-state index in [1.807, 2.05) is 0 Å². The molecule has 0 saturated carbocycles. The van der Waals surface area contributed by atoms with Crippen LogP contribution in [0.1, 0.15) is 0 Å². The molecule has 0 heterocycles. The van der Waals surface area contributed by atoms with E-state index in [0.29, 0.717) is 10.8 Å². The van der Waals surface area contributed by atoms with Crippen molar-refractivity contribution >= 4 is 23.6 Å². The molecule has 0 fully saturated rings. The maximum Gasteiger partial charge on any atom is 0.323 e. The van der Waals surface area contributed by atoms with E-state index in [1.54, 1.807) is 24.3 Å². The van der Waals surface area contributed by atoms with Crippen molar-refractivity contribution in [2.24, 2.45) is 0 Å². The minimum absolute atomic E-state index is 0.0624. The Kier molecular flexibility index (Phi) is 5.09. The summed E-state index contributed by atoms with van der Waals surface area (Å²) in [5.41, 5.74) is 0. The molecule has 0 aliphatic heterocycles. The fraction of sp³-hybridized carbons (Fsp3) is 0.200. The Bertz CT molecular complexity index is 394. The monoisotopic (exact) mass is 258 g/mol. The van der Waals surface area contributed by atoms with Crippen molar-refractivity contribution < 1.29 is 19.4 Å². The van der Waals surface area contributed by atoms with Gasteiger partial charge in [0.25, 0.3) is 0 Å². The number of aliphatic carboxylic acids is 1. The van der Waals surface area contributed by atoms with E-state index in [-0.39, 0.29) is 6.73 Å².